The van der Waals surface area contributed by atoms with Crippen molar-refractivity contribution in [1.82, 2.24) is 4.57 Å². The summed E-state index contributed by atoms with van der Waals surface area (Å²) in [5, 5.41) is 8.92. The number of rotatable bonds is 3. The SMILES string of the molecule is COc1ccc(C#N)cc1Cn1cc(Br)ccc1=O. The third kappa shape index (κ3) is 3.04. The van der Waals surface area contributed by atoms with Crippen molar-refractivity contribution in [2.45, 2.75) is 6.54 Å². The van der Waals surface area contributed by atoms with Crippen molar-refractivity contribution in [2.75, 3.05) is 7.11 Å². The molecule has 1 aromatic heterocycles. The summed E-state index contributed by atoms with van der Waals surface area (Å²) in [5.74, 6) is 0.658. The van der Waals surface area contributed by atoms with E-state index in [2.05, 4.69) is 22.0 Å². The Kier molecular flexibility index (Phi) is 4.03. The molecular formula is C14H11BrN2O2. The highest BCUT2D eigenvalue weighted by molar-refractivity contribution is 9.10. The summed E-state index contributed by atoms with van der Waals surface area (Å²) in [6, 6.07) is 10.4. The predicted octanol–water partition coefficient (Wildman–Crippen LogP) is 2.54. The average Bonchev–Trinajstić information content (AvgIpc) is 2.42. The number of nitriles is 1. The van der Waals surface area contributed by atoms with Crippen LogP contribution in [0.15, 0.2) is 45.8 Å². The molecule has 5 heteroatoms. The van der Waals surface area contributed by atoms with Gasteiger partial charge in [-0.05, 0) is 40.2 Å². The van der Waals surface area contributed by atoms with Gasteiger partial charge in [0.2, 0.25) is 0 Å². The second kappa shape index (κ2) is 5.72. The maximum atomic E-state index is 11.8. The van der Waals surface area contributed by atoms with Crippen molar-refractivity contribution in [3.63, 3.8) is 0 Å². The molecule has 0 aliphatic rings. The predicted molar refractivity (Wildman–Crippen MR) is 75.2 cm³/mol. The number of ether oxygens (including phenoxy) is 1. The Labute approximate surface area is 119 Å². The van der Waals surface area contributed by atoms with Gasteiger partial charge in [-0.3, -0.25) is 4.79 Å². The fourth-order valence-corrected chi connectivity index (χ4v) is 2.16. The molecule has 2 aromatic rings. The van der Waals surface area contributed by atoms with Gasteiger partial charge in [-0.1, -0.05) is 0 Å². The zero-order chi connectivity index (χ0) is 13.8. The Hall–Kier alpha value is -2.06. The molecule has 0 atom stereocenters. The molecule has 0 fully saturated rings. The molecule has 0 N–H and O–H groups in total. The lowest BCUT2D eigenvalue weighted by Gasteiger charge is -2.11. The zero-order valence-corrected chi connectivity index (χ0v) is 11.8. The number of hydrogen-bond donors (Lipinski definition) is 0. The highest BCUT2D eigenvalue weighted by Crippen LogP contribution is 2.20. The number of benzene rings is 1. The molecule has 0 bridgehead atoms. The van der Waals surface area contributed by atoms with E-state index in [0.29, 0.717) is 17.9 Å². The van der Waals surface area contributed by atoms with E-state index >= 15 is 0 Å². The van der Waals surface area contributed by atoms with Crippen molar-refractivity contribution in [1.29, 1.82) is 5.26 Å². The Morgan fingerprint density at radius 3 is 2.84 bits per heavy atom. The molecule has 0 aliphatic heterocycles. The second-order valence-electron chi connectivity index (χ2n) is 3.95. The third-order valence-corrected chi connectivity index (χ3v) is 3.17. The van der Waals surface area contributed by atoms with E-state index in [9.17, 15) is 4.79 Å². The topological polar surface area (TPSA) is 55.0 Å². The van der Waals surface area contributed by atoms with Crippen LogP contribution in [0.25, 0.3) is 0 Å². The Balaban J connectivity index is 2.45. The highest BCUT2D eigenvalue weighted by Gasteiger charge is 2.06. The summed E-state index contributed by atoms with van der Waals surface area (Å²) in [5.41, 5.74) is 1.23. The first-order valence-corrected chi connectivity index (χ1v) is 6.36. The van der Waals surface area contributed by atoms with Gasteiger partial charge in [0.05, 0.1) is 25.3 Å². The van der Waals surface area contributed by atoms with Gasteiger partial charge in [-0.2, -0.15) is 5.26 Å². The Bertz CT molecular complexity index is 701. The van der Waals surface area contributed by atoms with Crippen molar-refractivity contribution in [3.05, 3.63) is 62.5 Å². The summed E-state index contributed by atoms with van der Waals surface area (Å²) >= 11 is 3.33. The van der Waals surface area contributed by atoms with E-state index in [1.807, 2.05) is 0 Å². The quantitative estimate of drug-likeness (QED) is 0.873. The summed E-state index contributed by atoms with van der Waals surface area (Å²) in [4.78, 5) is 11.8. The molecule has 1 aromatic carbocycles. The maximum absolute atomic E-state index is 11.8. The molecule has 4 nitrogen and oxygen atoms in total. The molecule has 96 valence electrons. The van der Waals surface area contributed by atoms with Gasteiger partial charge in [0.25, 0.3) is 5.56 Å². The van der Waals surface area contributed by atoms with Gasteiger partial charge in [-0.25, -0.2) is 0 Å². The first-order chi connectivity index (χ1) is 9.13. The van der Waals surface area contributed by atoms with Crippen LogP contribution in [0.3, 0.4) is 0 Å². The minimum absolute atomic E-state index is 0.104. The molecule has 0 radical (unpaired) electrons. The van der Waals surface area contributed by atoms with Gasteiger partial charge in [0.15, 0.2) is 0 Å². The third-order valence-electron chi connectivity index (χ3n) is 2.70. The van der Waals surface area contributed by atoms with Crippen LogP contribution >= 0.6 is 15.9 Å². The zero-order valence-electron chi connectivity index (χ0n) is 10.3. The van der Waals surface area contributed by atoms with Crippen LogP contribution in [0.1, 0.15) is 11.1 Å². The summed E-state index contributed by atoms with van der Waals surface area (Å²) in [7, 11) is 1.56. The van der Waals surface area contributed by atoms with Gasteiger partial charge < -0.3 is 9.30 Å². The van der Waals surface area contributed by atoms with Crippen LogP contribution < -0.4 is 10.3 Å². The fraction of sp³-hybridized carbons (Fsp3) is 0.143. The van der Waals surface area contributed by atoms with E-state index in [1.165, 1.54) is 6.07 Å². The lowest BCUT2D eigenvalue weighted by atomic mass is 10.1. The normalized spacial score (nSPS) is 9.95. The van der Waals surface area contributed by atoms with Gasteiger partial charge in [0.1, 0.15) is 5.75 Å². The number of methoxy groups -OCH3 is 1. The monoisotopic (exact) mass is 318 g/mol. The Morgan fingerprint density at radius 1 is 1.37 bits per heavy atom. The number of pyridine rings is 1. The van der Waals surface area contributed by atoms with E-state index in [-0.39, 0.29) is 5.56 Å². The van der Waals surface area contributed by atoms with Crippen LogP contribution in [0.2, 0.25) is 0 Å². The standard InChI is InChI=1S/C14H11BrN2O2/c1-19-13-4-2-10(7-16)6-11(13)8-17-9-12(15)3-5-14(17)18/h2-6,9H,8H2,1H3. The van der Waals surface area contributed by atoms with Crippen molar-refractivity contribution < 1.29 is 4.74 Å². The van der Waals surface area contributed by atoms with E-state index in [0.717, 1.165) is 10.0 Å². The molecule has 0 saturated heterocycles. The van der Waals surface area contributed by atoms with Crippen molar-refractivity contribution >= 4 is 15.9 Å². The van der Waals surface area contributed by atoms with E-state index in [4.69, 9.17) is 10.00 Å². The van der Waals surface area contributed by atoms with E-state index < -0.39 is 0 Å². The molecule has 2 rings (SSSR count). The molecule has 0 aliphatic carbocycles. The summed E-state index contributed by atoms with van der Waals surface area (Å²) in [6.45, 7) is 0.358. The van der Waals surface area contributed by atoms with Crippen molar-refractivity contribution in [2.24, 2.45) is 0 Å². The van der Waals surface area contributed by atoms with Crippen LogP contribution in [0.5, 0.6) is 5.75 Å². The minimum Gasteiger partial charge on any atom is -0.496 e. The molecule has 0 unspecified atom stereocenters. The van der Waals surface area contributed by atoms with Crippen LogP contribution in [0.4, 0.5) is 0 Å². The molecule has 19 heavy (non-hydrogen) atoms. The number of hydrogen-bond acceptors (Lipinski definition) is 3. The first-order valence-electron chi connectivity index (χ1n) is 5.57. The molecule has 0 saturated carbocycles. The lowest BCUT2D eigenvalue weighted by Crippen LogP contribution is -2.19. The fourth-order valence-electron chi connectivity index (χ4n) is 1.78. The molecular weight excluding hydrogens is 308 g/mol. The first kappa shape index (κ1) is 13.4. The maximum Gasteiger partial charge on any atom is 0.250 e. The number of aromatic nitrogens is 1. The van der Waals surface area contributed by atoms with Gasteiger partial charge >= 0.3 is 0 Å². The number of nitrogens with zero attached hydrogens (tertiary/aromatic N) is 2. The minimum atomic E-state index is -0.104. The van der Waals surface area contributed by atoms with Gasteiger partial charge in [0, 0.05) is 22.3 Å². The van der Waals surface area contributed by atoms with Crippen LogP contribution in [-0.4, -0.2) is 11.7 Å². The average molecular weight is 319 g/mol. The van der Waals surface area contributed by atoms with Crippen molar-refractivity contribution in [3.8, 4) is 11.8 Å². The van der Waals surface area contributed by atoms with Crippen LogP contribution in [0, 0.1) is 11.3 Å². The highest BCUT2D eigenvalue weighted by atomic mass is 79.9. The Morgan fingerprint density at radius 2 is 2.16 bits per heavy atom. The van der Waals surface area contributed by atoms with Crippen LogP contribution in [-0.2, 0) is 6.54 Å². The molecule has 0 spiro atoms. The lowest BCUT2D eigenvalue weighted by molar-refractivity contribution is 0.408. The largest absolute Gasteiger partial charge is 0.496 e. The second-order valence-corrected chi connectivity index (χ2v) is 4.87. The molecule has 1 heterocycles. The smallest absolute Gasteiger partial charge is 0.250 e. The summed E-state index contributed by atoms with van der Waals surface area (Å²) in [6.07, 6.45) is 1.71. The summed E-state index contributed by atoms with van der Waals surface area (Å²) < 4.78 is 7.63. The van der Waals surface area contributed by atoms with E-state index in [1.54, 1.807) is 42.1 Å². The van der Waals surface area contributed by atoms with Gasteiger partial charge in [-0.15, -0.1) is 0 Å². The molecule has 0 amide bonds. The number of halogens is 1.